The molecule has 2 rings (SSSR count). The van der Waals surface area contributed by atoms with Gasteiger partial charge in [0.25, 0.3) is 0 Å². The van der Waals surface area contributed by atoms with Crippen LogP contribution in [0.4, 0.5) is 0 Å². The van der Waals surface area contributed by atoms with Crippen molar-refractivity contribution in [3.8, 4) is 6.07 Å². The molecule has 0 amide bonds. The molecule has 1 saturated heterocycles. The highest BCUT2D eigenvalue weighted by molar-refractivity contribution is 5.12. The third-order valence-electron chi connectivity index (χ3n) is 4.63. The van der Waals surface area contributed by atoms with E-state index in [2.05, 4.69) is 6.07 Å². The number of ether oxygens (including phenoxy) is 1. The van der Waals surface area contributed by atoms with Gasteiger partial charge in [-0.25, -0.2) is 0 Å². The minimum absolute atomic E-state index is 0.517. The van der Waals surface area contributed by atoms with Gasteiger partial charge in [0.2, 0.25) is 0 Å². The highest BCUT2D eigenvalue weighted by Crippen LogP contribution is 2.47. The number of nitrogens with zero attached hydrogens (tertiary/aromatic N) is 1. The van der Waals surface area contributed by atoms with Crippen LogP contribution in [0.1, 0.15) is 57.8 Å². The van der Waals surface area contributed by atoms with Gasteiger partial charge in [0, 0.05) is 26.1 Å². The van der Waals surface area contributed by atoms with Gasteiger partial charge in [0.1, 0.15) is 0 Å². The van der Waals surface area contributed by atoms with Gasteiger partial charge >= 0.3 is 0 Å². The van der Waals surface area contributed by atoms with E-state index in [0.717, 1.165) is 25.7 Å². The molecular weight excluding hydrogens is 214 g/mol. The molecule has 0 bridgehead atoms. The zero-order valence-corrected chi connectivity index (χ0v) is 10.6. The van der Waals surface area contributed by atoms with Crippen LogP contribution in [0, 0.1) is 16.7 Å². The summed E-state index contributed by atoms with van der Waals surface area (Å²) in [6, 6.07) is 2.49. The minimum Gasteiger partial charge on any atom is -0.388 e. The van der Waals surface area contributed by atoms with E-state index in [1.54, 1.807) is 0 Å². The first-order valence-corrected chi connectivity index (χ1v) is 6.94. The molecule has 17 heavy (non-hydrogen) atoms. The molecular formula is C14H23NO2. The van der Waals surface area contributed by atoms with Gasteiger partial charge in [-0.1, -0.05) is 32.1 Å². The van der Waals surface area contributed by atoms with Crippen molar-refractivity contribution in [2.24, 2.45) is 5.41 Å². The van der Waals surface area contributed by atoms with E-state index in [1.807, 2.05) is 0 Å². The molecule has 2 fully saturated rings. The van der Waals surface area contributed by atoms with Crippen molar-refractivity contribution in [2.75, 3.05) is 13.2 Å². The Morgan fingerprint density at radius 3 is 1.94 bits per heavy atom. The van der Waals surface area contributed by atoms with Crippen molar-refractivity contribution < 1.29 is 9.84 Å². The predicted octanol–water partition coefficient (Wildman–Crippen LogP) is 2.78. The minimum atomic E-state index is -0.808. The van der Waals surface area contributed by atoms with Crippen LogP contribution in [0.2, 0.25) is 0 Å². The Labute approximate surface area is 104 Å². The van der Waals surface area contributed by atoms with Gasteiger partial charge in [-0.05, 0) is 12.8 Å². The zero-order chi connectivity index (χ0) is 12.2. The SMILES string of the molecule is N#CC1(C2(O)CCOCC2)CCCCCCC1. The van der Waals surface area contributed by atoms with Gasteiger partial charge < -0.3 is 9.84 Å². The van der Waals surface area contributed by atoms with E-state index in [4.69, 9.17) is 4.74 Å². The molecule has 0 radical (unpaired) electrons. The van der Waals surface area contributed by atoms with Crippen LogP contribution in [0.15, 0.2) is 0 Å². The first kappa shape index (κ1) is 12.9. The van der Waals surface area contributed by atoms with Crippen molar-refractivity contribution >= 4 is 0 Å². The maximum Gasteiger partial charge on any atom is 0.0877 e. The van der Waals surface area contributed by atoms with E-state index in [0.29, 0.717) is 26.1 Å². The molecule has 0 spiro atoms. The molecule has 0 aromatic carbocycles. The second-order valence-electron chi connectivity index (χ2n) is 5.61. The first-order valence-electron chi connectivity index (χ1n) is 6.94. The van der Waals surface area contributed by atoms with Crippen molar-refractivity contribution in [1.29, 1.82) is 5.26 Å². The molecule has 0 aromatic rings. The smallest absolute Gasteiger partial charge is 0.0877 e. The average molecular weight is 237 g/mol. The summed E-state index contributed by atoms with van der Waals surface area (Å²) in [4.78, 5) is 0. The van der Waals surface area contributed by atoms with Gasteiger partial charge in [0.15, 0.2) is 0 Å². The summed E-state index contributed by atoms with van der Waals surface area (Å²) in [5.74, 6) is 0. The Bertz CT molecular complexity index is 281. The van der Waals surface area contributed by atoms with Gasteiger partial charge in [-0.3, -0.25) is 0 Å². The Balaban J connectivity index is 2.18. The second kappa shape index (κ2) is 5.37. The number of rotatable bonds is 1. The Kier molecular flexibility index (Phi) is 4.06. The molecule has 3 heteroatoms. The van der Waals surface area contributed by atoms with E-state index in [9.17, 15) is 10.4 Å². The molecule has 1 aliphatic heterocycles. The van der Waals surface area contributed by atoms with Gasteiger partial charge in [0.05, 0.1) is 17.1 Å². The van der Waals surface area contributed by atoms with Crippen LogP contribution in [-0.2, 0) is 4.74 Å². The summed E-state index contributed by atoms with van der Waals surface area (Å²) in [5, 5.41) is 20.5. The molecule has 0 atom stereocenters. The van der Waals surface area contributed by atoms with Crippen molar-refractivity contribution in [3.63, 3.8) is 0 Å². The highest BCUT2D eigenvalue weighted by Gasteiger charge is 2.50. The molecule has 2 aliphatic rings. The average Bonchev–Trinajstić information content (AvgIpc) is 2.30. The summed E-state index contributed by atoms with van der Waals surface area (Å²) in [5.41, 5.74) is -1.32. The second-order valence-corrected chi connectivity index (χ2v) is 5.61. The van der Waals surface area contributed by atoms with Crippen molar-refractivity contribution in [2.45, 2.75) is 63.4 Å². The van der Waals surface area contributed by atoms with Crippen LogP contribution in [-0.4, -0.2) is 23.9 Å². The predicted molar refractivity (Wildman–Crippen MR) is 65.4 cm³/mol. The lowest BCUT2D eigenvalue weighted by atomic mass is 9.63. The number of hydrogen-bond acceptors (Lipinski definition) is 3. The maximum atomic E-state index is 10.9. The van der Waals surface area contributed by atoms with Crippen LogP contribution < -0.4 is 0 Å². The van der Waals surface area contributed by atoms with E-state index in [-0.39, 0.29) is 0 Å². The normalized spacial score (nSPS) is 28.7. The standard InChI is InChI=1S/C14H23NO2/c15-12-13(6-4-2-1-3-5-7-13)14(16)8-10-17-11-9-14/h16H,1-11H2. The Morgan fingerprint density at radius 2 is 1.41 bits per heavy atom. The molecule has 1 saturated carbocycles. The Hall–Kier alpha value is -0.590. The van der Waals surface area contributed by atoms with Gasteiger partial charge in [-0.15, -0.1) is 0 Å². The van der Waals surface area contributed by atoms with Crippen LogP contribution >= 0.6 is 0 Å². The molecule has 0 unspecified atom stereocenters. The molecule has 96 valence electrons. The van der Waals surface area contributed by atoms with Crippen LogP contribution in [0.5, 0.6) is 0 Å². The van der Waals surface area contributed by atoms with E-state index in [1.165, 1.54) is 19.3 Å². The van der Waals surface area contributed by atoms with E-state index >= 15 is 0 Å². The van der Waals surface area contributed by atoms with E-state index < -0.39 is 11.0 Å². The largest absolute Gasteiger partial charge is 0.388 e. The highest BCUT2D eigenvalue weighted by atomic mass is 16.5. The van der Waals surface area contributed by atoms with Crippen molar-refractivity contribution in [1.82, 2.24) is 0 Å². The maximum absolute atomic E-state index is 10.9. The molecule has 1 heterocycles. The molecule has 3 nitrogen and oxygen atoms in total. The molecule has 1 N–H and O–H groups in total. The summed E-state index contributed by atoms with van der Waals surface area (Å²) in [6.45, 7) is 1.19. The third kappa shape index (κ3) is 2.48. The number of aliphatic hydroxyl groups is 1. The number of hydrogen-bond donors (Lipinski definition) is 1. The summed E-state index contributed by atoms with van der Waals surface area (Å²) in [7, 11) is 0. The molecule has 1 aliphatic carbocycles. The van der Waals surface area contributed by atoms with Crippen LogP contribution in [0.3, 0.4) is 0 Å². The Morgan fingerprint density at radius 1 is 0.882 bits per heavy atom. The van der Waals surface area contributed by atoms with Gasteiger partial charge in [-0.2, -0.15) is 5.26 Å². The number of nitriles is 1. The summed E-state index contributed by atoms with van der Waals surface area (Å²) in [6.07, 6.45) is 8.82. The fourth-order valence-corrected chi connectivity index (χ4v) is 3.38. The fraction of sp³-hybridized carbons (Fsp3) is 0.929. The fourth-order valence-electron chi connectivity index (χ4n) is 3.38. The lowest BCUT2D eigenvalue weighted by molar-refractivity contribution is -0.131. The summed E-state index contributed by atoms with van der Waals surface area (Å²) < 4.78 is 5.33. The topological polar surface area (TPSA) is 53.2 Å². The lowest BCUT2D eigenvalue weighted by Crippen LogP contribution is -2.51. The monoisotopic (exact) mass is 237 g/mol. The zero-order valence-electron chi connectivity index (χ0n) is 10.6. The van der Waals surface area contributed by atoms with Crippen LogP contribution in [0.25, 0.3) is 0 Å². The summed E-state index contributed by atoms with van der Waals surface area (Å²) >= 11 is 0. The quantitative estimate of drug-likeness (QED) is 0.763. The first-order chi connectivity index (χ1) is 8.22. The molecule has 0 aromatic heterocycles. The third-order valence-corrected chi connectivity index (χ3v) is 4.63. The van der Waals surface area contributed by atoms with Crippen molar-refractivity contribution in [3.05, 3.63) is 0 Å². The lowest BCUT2D eigenvalue weighted by Gasteiger charge is -2.45.